The highest BCUT2D eigenvalue weighted by Crippen LogP contribution is 2.19. The normalized spacial score (nSPS) is 21.1. The lowest BCUT2D eigenvalue weighted by Gasteiger charge is -2.30. The Morgan fingerprint density at radius 2 is 2.08 bits per heavy atom. The lowest BCUT2D eigenvalue weighted by Crippen LogP contribution is -2.35. The molecule has 1 aliphatic rings. The molecule has 1 aliphatic heterocycles. The van der Waals surface area contributed by atoms with E-state index in [0.717, 1.165) is 25.6 Å². The molecule has 0 aromatic rings. The summed E-state index contributed by atoms with van der Waals surface area (Å²) in [6.07, 6.45) is 3.91. The topological polar surface area (TPSA) is 32.7 Å². The summed E-state index contributed by atoms with van der Waals surface area (Å²) in [7, 11) is 0. The molecule has 0 N–H and O–H groups in total. The van der Waals surface area contributed by atoms with E-state index in [1.54, 1.807) is 0 Å². The molecule has 3 nitrogen and oxygen atoms in total. The van der Waals surface area contributed by atoms with Crippen LogP contribution in [0.25, 0.3) is 0 Å². The molecule has 1 heterocycles. The molecule has 0 amide bonds. The van der Waals surface area contributed by atoms with Crippen LogP contribution in [-0.4, -0.2) is 31.1 Å². The molecule has 0 spiro atoms. The average molecular weight is 170 g/mol. The van der Waals surface area contributed by atoms with Crippen molar-refractivity contribution in [2.75, 3.05) is 26.2 Å². The Balaban J connectivity index is 2.12. The summed E-state index contributed by atoms with van der Waals surface area (Å²) < 4.78 is 0. The highest BCUT2D eigenvalue weighted by atomic mass is 16.3. The highest BCUT2D eigenvalue weighted by Gasteiger charge is 2.16. The molecule has 0 unspecified atom stereocenters. The smallest absolute Gasteiger partial charge is 0.0938 e. The molecule has 0 aromatic heterocycles. The maximum Gasteiger partial charge on any atom is 0.0938 e. The van der Waals surface area contributed by atoms with Gasteiger partial charge in [0.2, 0.25) is 0 Å². The third-order valence-electron chi connectivity index (χ3n) is 2.79. The van der Waals surface area contributed by atoms with Crippen LogP contribution < -0.4 is 0 Å². The van der Waals surface area contributed by atoms with E-state index in [0.29, 0.717) is 6.54 Å². The third-order valence-corrected chi connectivity index (χ3v) is 2.79. The maximum atomic E-state index is 9.89. The number of nitroso groups, excluding NO2 is 1. The summed E-state index contributed by atoms with van der Waals surface area (Å²) >= 11 is 0. The monoisotopic (exact) mass is 170 g/mol. The van der Waals surface area contributed by atoms with Crippen molar-refractivity contribution in [3.05, 3.63) is 4.91 Å². The lowest BCUT2D eigenvalue weighted by molar-refractivity contribution is 0.186. The van der Waals surface area contributed by atoms with Crippen molar-refractivity contribution < 1.29 is 0 Å². The zero-order valence-corrected chi connectivity index (χ0v) is 7.83. The van der Waals surface area contributed by atoms with E-state index >= 15 is 0 Å². The molecule has 1 fully saturated rings. The van der Waals surface area contributed by atoms with Gasteiger partial charge in [0.1, 0.15) is 0 Å². The van der Waals surface area contributed by atoms with Crippen molar-refractivity contribution in [2.24, 2.45) is 11.1 Å². The fraction of sp³-hybridized carbons (Fsp3) is 1.00. The zero-order valence-electron chi connectivity index (χ0n) is 7.83. The Bertz CT molecular complexity index is 130. The van der Waals surface area contributed by atoms with Gasteiger partial charge < -0.3 is 4.90 Å². The van der Waals surface area contributed by atoms with Gasteiger partial charge in [0.05, 0.1) is 6.54 Å². The first-order valence-corrected chi connectivity index (χ1v) is 4.88. The largest absolute Gasteiger partial charge is 0.301 e. The summed E-state index contributed by atoms with van der Waals surface area (Å²) in [6, 6.07) is 0. The maximum absolute atomic E-state index is 9.89. The number of hydrogen-bond acceptors (Lipinski definition) is 3. The van der Waals surface area contributed by atoms with Crippen LogP contribution in [0, 0.1) is 10.8 Å². The van der Waals surface area contributed by atoms with E-state index in [4.69, 9.17) is 0 Å². The van der Waals surface area contributed by atoms with Gasteiger partial charge in [0.15, 0.2) is 0 Å². The van der Waals surface area contributed by atoms with Crippen LogP contribution in [0.1, 0.15) is 26.2 Å². The van der Waals surface area contributed by atoms with Gasteiger partial charge in [0, 0.05) is 6.54 Å². The summed E-state index contributed by atoms with van der Waals surface area (Å²) in [6.45, 7) is 5.89. The molecular weight excluding hydrogens is 152 g/mol. The summed E-state index contributed by atoms with van der Waals surface area (Å²) in [5.41, 5.74) is 0. The van der Waals surface area contributed by atoms with Crippen LogP contribution >= 0.6 is 0 Å². The Morgan fingerprint density at radius 3 is 2.58 bits per heavy atom. The Morgan fingerprint density at radius 1 is 1.42 bits per heavy atom. The van der Waals surface area contributed by atoms with E-state index in [9.17, 15) is 4.91 Å². The van der Waals surface area contributed by atoms with Crippen LogP contribution in [0.5, 0.6) is 0 Å². The molecule has 12 heavy (non-hydrogen) atoms. The molecule has 1 saturated heterocycles. The average Bonchev–Trinajstić information content (AvgIpc) is 2.15. The van der Waals surface area contributed by atoms with Gasteiger partial charge in [-0.15, -0.1) is 0 Å². The van der Waals surface area contributed by atoms with Gasteiger partial charge in [-0.2, -0.15) is 4.91 Å². The number of nitrogens with zero attached hydrogens (tertiary/aromatic N) is 2. The fourth-order valence-corrected chi connectivity index (χ4v) is 1.80. The van der Waals surface area contributed by atoms with Gasteiger partial charge in [0.25, 0.3) is 0 Å². The van der Waals surface area contributed by atoms with Gasteiger partial charge in [-0.05, 0) is 31.8 Å². The number of hydrogen-bond donors (Lipinski definition) is 0. The number of piperidine rings is 1. The van der Waals surface area contributed by atoms with Crippen LogP contribution in [0.4, 0.5) is 0 Å². The molecule has 0 aromatic carbocycles. The molecule has 0 saturated carbocycles. The molecule has 0 radical (unpaired) electrons. The quantitative estimate of drug-likeness (QED) is 0.603. The summed E-state index contributed by atoms with van der Waals surface area (Å²) in [4.78, 5) is 12.2. The standard InChI is InChI=1S/C9H18N2O/c1-2-9-3-6-11(7-4-9)8-5-10-12/h9H,2-8H2,1H3. The second-order valence-electron chi connectivity index (χ2n) is 3.55. The highest BCUT2D eigenvalue weighted by molar-refractivity contribution is 4.71. The third kappa shape index (κ3) is 2.89. The molecule has 0 bridgehead atoms. The van der Waals surface area contributed by atoms with Crippen molar-refractivity contribution in [1.82, 2.24) is 4.90 Å². The van der Waals surface area contributed by atoms with Crippen molar-refractivity contribution in [3.8, 4) is 0 Å². The summed E-state index contributed by atoms with van der Waals surface area (Å²) in [5, 5.41) is 2.88. The second kappa shape index (κ2) is 5.25. The van der Waals surface area contributed by atoms with Gasteiger partial charge in [-0.25, -0.2) is 0 Å². The van der Waals surface area contributed by atoms with E-state index in [1.807, 2.05) is 0 Å². The van der Waals surface area contributed by atoms with Gasteiger partial charge in [-0.1, -0.05) is 18.5 Å². The lowest BCUT2D eigenvalue weighted by atomic mass is 9.94. The van der Waals surface area contributed by atoms with Crippen LogP contribution in [0.2, 0.25) is 0 Å². The SMILES string of the molecule is CCC1CCN(CCN=O)CC1. The van der Waals surface area contributed by atoms with E-state index in [-0.39, 0.29) is 0 Å². The first kappa shape index (κ1) is 9.65. The van der Waals surface area contributed by atoms with E-state index in [1.165, 1.54) is 19.3 Å². The second-order valence-corrected chi connectivity index (χ2v) is 3.55. The predicted molar refractivity (Wildman–Crippen MR) is 50.1 cm³/mol. The molecule has 70 valence electrons. The molecule has 0 atom stereocenters. The van der Waals surface area contributed by atoms with Gasteiger partial charge >= 0.3 is 0 Å². The van der Waals surface area contributed by atoms with Crippen LogP contribution in [0.15, 0.2) is 5.18 Å². The fourth-order valence-electron chi connectivity index (χ4n) is 1.80. The molecule has 1 rings (SSSR count). The Labute approximate surface area is 74.1 Å². The minimum atomic E-state index is 0.455. The molecular formula is C9H18N2O. The minimum Gasteiger partial charge on any atom is -0.301 e. The van der Waals surface area contributed by atoms with E-state index < -0.39 is 0 Å². The van der Waals surface area contributed by atoms with Crippen LogP contribution in [-0.2, 0) is 0 Å². The van der Waals surface area contributed by atoms with Gasteiger partial charge in [-0.3, -0.25) is 0 Å². The number of likely N-dealkylation sites (tertiary alicyclic amines) is 1. The van der Waals surface area contributed by atoms with Crippen molar-refractivity contribution in [2.45, 2.75) is 26.2 Å². The zero-order chi connectivity index (χ0) is 8.81. The molecule has 0 aliphatic carbocycles. The molecule has 3 heteroatoms. The predicted octanol–water partition coefficient (Wildman–Crippen LogP) is 1.87. The summed E-state index contributed by atoms with van der Waals surface area (Å²) in [5.74, 6) is 0.922. The minimum absolute atomic E-state index is 0.455. The Hall–Kier alpha value is -0.440. The first-order valence-electron chi connectivity index (χ1n) is 4.88. The van der Waals surface area contributed by atoms with Crippen LogP contribution in [0.3, 0.4) is 0 Å². The number of rotatable bonds is 4. The van der Waals surface area contributed by atoms with E-state index in [2.05, 4.69) is 17.0 Å². The van der Waals surface area contributed by atoms with Crippen molar-refractivity contribution in [3.63, 3.8) is 0 Å². The van der Waals surface area contributed by atoms with Crippen molar-refractivity contribution in [1.29, 1.82) is 0 Å². The first-order chi connectivity index (χ1) is 5.86. The van der Waals surface area contributed by atoms with Crippen molar-refractivity contribution >= 4 is 0 Å². The Kier molecular flexibility index (Phi) is 4.22.